The van der Waals surface area contributed by atoms with Gasteiger partial charge in [0.2, 0.25) is 0 Å². The minimum atomic E-state index is -4.79. The fraction of sp³-hybridized carbons (Fsp3) is 0.533. The van der Waals surface area contributed by atoms with E-state index in [1.807, 2.05) is 0 Å². The zero-order chi connectivity index (χ0) is 19.3. The molecule has 9 nitrogen and oxygen atoms in total. The average molecular weight is 407 g/mol. The second-order valence-electron chi connectivity index (χ2n) is 5.96. The van der Waals surface area contributed by atoms with Crippen molar-refractivity contribution in [1.82, 2.24) is 0 Å². The van der Waals surface area contributed by atoms with Crippen LogP contribution < -0.4 is 0 Å². The van der Waals surface area contributed by atoms with Crippen LogP contribution in [0.4, 0.5) is 0 Å². The first-order valence-corrected chi connectivity index (χ1v) is 10.0. The Kier molecular flexibility index (Phi) is 7.41. The quantitative estimate of drug-likeness (QED) is 0.182. The summed E-state index contributed by atoms with van der Waals surface area (Å²) in [5, 5.41) is 42.2. The maximum atomic E-state index is 10.8. The third kappa shape index (κ3) is 5.91. The van der Waals surface area contributed by atoms with Crippen molar-refractivity contribution in [3.05, 3.63) is 35.9 Å². The van der Waals surface area contributed by atoms with Gasteiger partial charge in [0.15, 0.2) is 0 Å². The number of thioether (sulfide) groups is 1. The molecular weight excluding hydrogens is 386 g/mol. The van der Waals surface area contributed by atoms with E-state index in [-0.39, 0.29) is 24.5 Å². The van der Waals surface area contributed by atoms with E-state index in [0.29, 0.717) is 0 Å². The lowest BCUT2D eigenvalue weighted by Gasteiger charge is -2.39. The maximum absolute atomic E-state index is 10.8. The minimum Gasteiger partial charge on any atom is -0.396 e. The van der Waals surface area contributed by atoms with E-state index < -0.39 is 39.9 Å². The molecule has 26 heavy (non-hydrogen) atoms. The number of nitrogens with zero attached hydrogens (tertiary/aromatic N) is 1. The summed E-state index contributed by atoms with van der Waals surface area (Å²) in [6.07, 6.45) is -3.72. The van der Waals surface area contributed by atoms with Gasteiger partial charge in [-0.25, -0.2) is 4.28 Å². The lowest BCUT2D eigenvalue weighted by molar-refractivity contribution is -0.114. The predicted octanol–water partition coefficient (Wildman–Crippen LogP) is -0.441. The van der Waals surface area contributed by atoms with Crippen molar-refractivity contribution < 1.29 is 37.7 Å². The third-order valence-corrected chi connectivity index (χ3v) is 5.58. The number of rotatable bonds is 6. The molecule has 0 amide bonds. The Hall–Kier alpha value is -1.21. The fourth-order valence-electron chi connectivity index (χ4n) is 2.71. The van der Waals surface area contributed by atoms with Crippen molar-refractivity contribution in [2.75, 3.05) is 6.61 Å². The van der Waals surface area contributed by atoms with Crippen LogP contribution in [-0.2, 0) is 21.1 Å². The van der Waals surface area contributed by atoms with Crippen molar-refractivity contribution in [1.29, 1.82) is 0 Å². The summed E-state index contributed by atoms with van der Waals surface area (Å²) < 4.78 is 34.4. The first-order chi connectivity index (χ1) is 12.2. The Morgan fingerprint density at radius 2 is 1.81 bits per heavy atom. The average Bonchev–Trinajstić information content (AvgIpc) is 2.60. The van der Waals surface area contributed by atoms with Gasteiger partial charge >= 0.3 is 10.4 Å². The largest absolute Gasteiger partial charge is 0.466 e. The summed E-state index contributed by atoms with van der Waals surface area (Å²) in [6, 6.07) is 8.90. The standard InChI is InChI=1S/C15H21NO8S2/c17-8-10-7-11(14(19)15(20)13(10)18)25-12(16-24-26(21,22)23)6-9-4-2-1-3-5-9/h1-5,10-11,13-15,17-20H,6-8H2,(H,21,22,23)/b16-12-/t10-,11-,13-,14+,15+/m1/s1. The lowest BCUT2D eigenvalue weighted by atomic mass is 9.83. The molecule has 0 radical (unpaired) electrons. The molecule has 0 unspecified atom stereocenters. The molecule has 0 aliphatic heterocycles. The van der Waals surface area contributed by atoms with Gasteiger partial charge in [0.1, 0.15) is 11.1 Å². The van der Waals surface area contributed by atoms with Gasteiger partial charge in [-0.3, -0.25) is 4.55 Å². The van der Waals surface area contributed by atoms with Crippen molar-refractivity contribution >= 4 is 27.2 Å². The zero-order valence-electron chi connectivity index (χ0n) is 13.6. The first-order valence-electron chi connectivity index (χ1n) is 7.80. The van der Waals surface area contributed by atoms with Crippen LogP contribution in [-0.4, -0.2) is 68.6 Å². The summed E-state index contributed by atoms with van der Waals surface area (Å²) >= 11 is 0.951. The van der Waals surface area contributed by atoms with Crippen LogP contribution in [0.2, 0.25) is 0 Å². The Bertz CT molecular complexity index is 710. The normalized spacial score (nSPS) is 30.2. The van der Waals surface area contributed by atoms with Crippen molar-refractivity contribution in [2.24, 2.45) is 11.1 Å². The smallest absolute Gasteiger partial charge is 0.396 e. The van der Waals surface area contributed by atoms with Crippen LogP contribution in [0.3, 0.4) is 0 Å². The topological polar surface area (TPSA) is 157 Å². The van der Waals surface area contributed by atoms with E-state index in [2.05, 4.69) is 9.44 Å². The van der Waals surface area contributed by atoms with Gasteiger partial charge in [-0.05, 0) is 12.0 Å². The van der Waals surface area contributed by atoms with Crippen molar-refractivity contribution in [3.8, 4) is 0 Å². The van der Waals surface area contributed by atoms with Crippen LogP contribution >= 0.6 is 11.8 Å². The Labute approximate surface area is 155 Å². The van der Waals surface area contributed by atoms with Gasteiger partial charge in [0.25, 0.3) is 0 Å². The number of oxime groups is 1. The molecule has 1 aromatic rings. The van der Waals surface area contributed by atoms with Gasteiger partial charge in [0.05, 0.1) is 12.2 Å². The molecule has 1 fully saturated rings. The van der Waals surface area contributed by atoms with E-state index in [0.717, 1.165) is 17.3 Å². The van der Waals surface area contributed by atoms with Crippen LogP contribution in [0, 0.1) is 5.92 Å². The van der Waals surface area contributed by atoms with Crippen LogP contribution in [0.5, 0.6) is 0 Å². The van der Waals surface area contributed by atoms with E-state index in [1.54, 1.807) is 30.3 Å². The molecule has 0 spiro atoms. The molecule has 0 heterocycles. The Balaban J connectivity index is 2.19. The van der Waals surface area contributed by atoms with Crippen LogP contribution in [0.25, 0.3) is 0 Å². The van der Waals surface area contributed by atoms with Gasteiger partial charge in [-0.1, -0.05) is 35.5 Å². The van der Waals surface area contributed by atoms with Gasteiger partial charge in [-0.15, -0.1) is 11.8 Å². The minimum absolute atomic E-state index is 0.137. The van der Waals surface area contributed by atoms with Crippen LogP contribution in [0.15, 0.2) is 35.5 Å². The van der Waals surface area contributed by atoms with E-state index in [9.17, 15) is 28.8 Å². The fourth-order valence-corrected chi connectivity index (χ4v) is 4.26. The van der Waals surface area contributed by atoms with E-state index in [4.69, 9.17) is 4.55 Å². The SMILES string of the molecule is O=S(=O)(O)O/N=C(/Cc1ccccc1)S[C@@H]1C[C@H](CO)[C@@H](O)[C@H](O)[C@H]1O. The molecule has 2 rings (SSSR count). The zero-order valence-corrected chi connectivity index (χ0v) is 15.3. The summed E-state index contributed by atoms with van der Waals surface area (Å²) in [4.78, 5) is 0. The predicted molar refractivity (Wildman–Crippen MR) is 94.8 cm³/mol. The summed E-state index contributed by atoms with van der Waals surface area (Å²) in [7, 11) is -4.79. The van der Waals surface area contributed by atoms with Crippen molar-refractivity contribution in [3.63, 3.8) is 0 Å². The molecule has 1 aliphatic rings. The highest BCUT2D eigenvalue weighted by molar-refractivity contribution is 8.14. The second-order valence-corrected chi connectivity index (χ2v) is 8.27. The highest BCUT2D eigenvalue weighted by Crippen LogP contribution is 2.34. The second kappa shape index (κ2) is 9.13. The monoisotopic (exact) mass is 407 g/mol. The van der Waals surface area contributed by atoms with Gasteiger partial charge in [0, 0.05) is 24.2 Å². The molecule has 0 aromatic heterocycles. The molecule has 1 saturated carbocycles. The third-order valence-electron chi connectivity index (χ3n) is 4.05. The highest BCUT2D eigenvalue weighted by atomic mass is 32.3. The number of aliphatic hydroxyl groups excluding tert-OH is 4. The highest BCUT2D eigenvalue weighted by Gasteiger charge is 2.43. The van der Waals surface area contributed by atoms with E-state index in [1.165, 1.54) is 0 Å². The maximum Gasteiger partial charge on any atom is 0.466 e. The molecule has 11 heteroatoms. The Morgan fingerprint density at radius 1 is 1.15 bits per heavy atom. The molecule has 1 aliphatic carbocycles. The lowest BCUT2D eigenvalue weighted by Crippen LogP contribution is -2.53. The number of aliphatic hydroxyl groups is 4. The summed E-state index contributed by atoms with van der Waals surface area (Å²) in [6.45, 7) is -0.380. The first kappa shape index (κ1) is 21.1. The van der Waals surface area contributed by atoms with Gasteiger partial charge in [-0.2, -0.15) is 8.42 Å². The van der Waals surface area contributed by atoms with Crippen molar-refractivity contribution in [2.45, 2.75) is 36.4 Å². The summed E-state index contributed by atoms with van der Waals surface area (Å²) in [5.41, 5.74) is 0.780. The molecular formula is C15H21NO8S2. The molecule has 0 bridgehead atoms. The van der Waals surface area contributed by atoms with Crippen LogP contribution in [0.1, 0.15) is 12.0 Å². The molecule has 5 N–H and O–H groups in total. The molecule has 146 valence electrons. The number of hydrogen-bond acceptors (Lipinski definition) is 9. The van der Waals surface area contributed by atoms with E-state index >= 15 is 0 Å². The number of benzene rings is 1. The van der Waals surface area contributed by atoms with Gasteiger partial charge < -0.3 is 20.4 Å². The summed E-state index contributed by atoms with van der Waals surface area (Å²) in [5.74, 6) is -0.647. The molecule has 5 atom stereocenters. The Morgan fingerprint density at radius 3 is 2.38 bits per heavy atom. The number of hydrogen-bond donors (Lipinski definition) is 5. The molecule has 0 saturated heterocycles. The molecule has 1 aromatic carbocycles.